The topological polar surface area (TPSA) is 77.8 Å². The Morgan fingerprint density at radius 3 is 2.79 bits per heavy atom. The normalized spacial score (nSPS) is 22.5. The van der Waals surface area contributed by atoms with Crippen molar-refractivity contribution in [2.45, 2.75) is 31.9 Å². The summed E-state index contributed by atoms with van der Waals surface area (Å²) in [4.78, 5) is 24.5. The first-order chi connectivity index (χ1) is 8.97. The molecule has 19 heavy (non-hydrogen) atoms. The summed E-state index contributed by atoms with van der Waals surface area (Å²) in [6.45, 7) is 2.04. The molecule has 0 unspecified atom stereocenters. The van der Waals surface area contributed by atoms with E-state index >= 15 is 0 Å². The van der Waals surface area contributed by atoms with Gasteiger partial charge in [0.2, 0.25) is 5.91 Å². The third-order valence-corrected chi connectivity index (χ3v) is 3.32. The molecule has 0 bridgehead atoms. The maximum atomic E-state index is 12.1. The molecule has 2 atom stereocenters. The summed E-state index contributed by atoms with van der Waals surface area (Å²) in [5, 5.41) is 18.6. The lowest BCUT2D eigenvalue weighted by Crippen LogP contribution is -2.41. The molecule has 1 amide bonds. The van der Waals surface area contributed by atoms with Crippen molar-refractivity contribution in [1.29, 1.82) is 0 Å². The number of amides is 1. The van der Waals surface area contributed by atoms with E-state index in [-0.39, 0.29) is 25.3 Å². The van der Waals surface area contributed by atoms with Gasteiger partial charge < -0.3 is 15.1 Å². The number of carbonyl (C=O) groups is 2. The maximum Gasteiger partial charge on any atom is 0.326 e. The number of benzene rings is 1. The van der Waals surface area contributed by atoms with Crippen molar-refractivity contribution in [3.63, 3.8) is 0 Å². The number of hydrogen-bond acceptors (Lipinski definition) is 3. The number of likely N-dealkylation sites (tertiary alicyclic amines) is 1. The van der Waals surface area contributed by atoms with Crippen LogP contribution >= 0.6 is 0 Å². The fourth-order valence-electron chi connectivity index (χ4n) is 2.42. The molecule has 1 heterocycles. The van der Waals surface area contributed by atoms with Gasteiger partial charge in [0.25, 0.3) is 0 Å². The second-order valence-corrected chi connectivity index (χ2v) is 4.96. The Balaban J connectivity index is 2.09. The van der Waals surface area contributed by atoms with Crippen LogP contribution in [0.5, 0.6) is 0 Å². The van der Waals surface area contributed by atoms with Crippen molar-refractivity contribution in [2.24, 2.45) is 0 Å². The molecule has 2 N–H and O–H groups in total. The molecule has 1 aromatic rings. The molecule has 1 aromatic carbocycles. The Hall–Kier alpha value is -1.88. The molecule has 0 saturated carbocycles. The van der Waals surface area contributed by atoms with Crippen LogP contribution in [-0.2, 0) is 16.0 Å². The van der Waals surface area contributed by atoms with Crippen LogP contribution in [0.1, 0.15) is 17.5 Å². The molecule has 0 aromatic heterocycles. The first-order valence-electron chi connectivity index (χ1n) is 6.23. The minimum Gasteiger partial charge on any atom is -0.480 e. The second kappa shape index (κ2) is 5.40. The van der Waals surface area contributed by atoms with E-state index < -0.39 is 18.1 Å². The number of rotatable bonds is 3. The van der Waals surface area contributed by atoms with E-state index in [4.69, 9.17) is 5.11 Å². The van der Waals surface area contributed by atoms with Gasteiger partial charge in [-0.05, 0) is 12.5 Å². The lowest BCUT2D eigenvalue weighted by atomic mass is 10.1. The molecule has 5 heteroatoms. The quantitative estimate of drug-likeness (QED) is 0.836. The summed E-state index contributed by atoms with van der Waals surface area (Å²) in [5.74, 6) is -1.32. The molecule has 2 rings (SSSR count). The van der Waals surface area contributed by atoms with Crippen molar-refractivity contribution >= 4 is 11.9 Å². The van der Waals surface area contributed by atoms with Gasteiger partial charge in [-0.3, -0.25) is 4.79 Å². The van der Waals surface area contributed by atoms with Crippen LogP contribution in [0.3, 0.4) is 0 Å². The summed E-state index contributed by atoms with van der Waals surface area (Å²) < 4.78 is 0. The molecule has 1 aliphatic rings. The fourth-order valence-corrected chi connectivity index (χ4v) is 2.42. The molecule has 102 valence electrons. The third kappa shape index (κ3) is 3.12. The van der Waals surface area contributed by atoms with E-state index in [1.807, 2.05) is 31.2 Å². The zero-order valence-electron chi connectivity index (χ0n) is 10.7. The first kappa shape index (κ1) is 13.5. The fraction of sp³-hybridized carbons (Fsp3) is 0.429. The first-order valence-corrected chi connectivity index (χ1v) is 6.23. The van der Waals surface area contributed by atoms with Crippen molar-refractivity contribution in [3.8, 4) is 0 Å². The minimum absolute atomic E-state index is 0.0988. The molecule has 0 radical (unpaired) electrons. The van der Waals surface area contributed by atoms with Gasteiger partial charge >= 0.3 is 5.97 Å². The molecule has 1 aliphatic heterocycles. The zero-order chi connectivity index (χ0) is 14.0. The van der Waals surface area contributed by atoms with E-state index in [1.54, 1.807) is 0 Å². The van der Waals surface area contributed by atoms with Crippen molar-refractivity contribution in [2.75, 3.05) is 6.54 Å². The zero-order valence-corrected chi connectivity index (χ0v) is 10.7. The van der Waals surface area contributed by atoms with E-state index in [1.165, 1.54) is 4.90 Å². The number of carboxylic acid groups (broad SMARTS) is 1. The van der Waals surface area contributed by atoms with E-state index in [0.717, 1.165) is 11.1 Å². The van der Waals surface area contributed by atoms with Crippen LogP contribution in [0.15, 0.2) is 24.3 Å². The molecular weight excluding hydrogens is 246 g/mol. The molecule has 0 spiro atoms. The van der Waals surface area contributed by atoms with E-state index in [9.17, 15) is 14.7 Å². The van der Waals surface area contributed by atoms with Crippen molar-refractivity contribution in [3.05, 3.63) is 35.4 Å². The van der Waals surface area contributed by atoms with Crippen molar-refractivity contribution < 1.29 is 19.8 Å². The average molecular weight is 263 g/mol. The van der Waals surface area contributed by atoms with Gasteiger partial charge in [-0.15, -0.1) is 0 Å². The molecule has 5 nitrogen and oxygen atoms in total. The Morgan fingerprint density at radius 2 is 2.16 bits per heavy atom. The lowest BCUT2D eigenvalue weighted by molar-refractivity contribution is -0.148. The smallest absolute Gasteiger partial charge is 0.326 e. The minimum atomic E-state index is -1.06. The Bertz CT molecular complexity index is 500. The van der Waals surface area contributed by atoms with Crippen LogP contribution in [0.25, 0.3) is 0 Å². The van der Waals surface area contributed by atoms with Gasteiger partial charge in [0.1, 0.15) is 6.04 Å². The molecule has 1 fully saturated rings. The predicted octanol–water partition coefficient (Wildman–Crippen LogP) is 0.584. The third-order valence-electron chi connectivity index (χ3n) is 3.32. The summed E-state index contributed by atoms with van der Waals surface area (Å²) in [6.07, 6.45) is -0.477. The summed E-state index contributed by atoms with van der Waals surface area (Å²) in [6, 6.07) is 6.64. The van der Waals surface area contributed by atoms with E-state index in [0.29, 0.717) is 0 Å². The number of carboxylic acids is 1. The highest BCUT2D eigenvalue weighted by Crippen LogP contribution is 2.19. The predicted molar refractivity (Wildman–Crippen MR) is 68.6 cm³/mol. The van der Waals surface area contributed by atoms with Gasteiger partial charge in [0, 0.05) is 13.0 Å². The average Bonchev–Trinajstić information content (AvgIpc) is 2.71. The maximum absolute atomic E-state index is 12.1. The highest BCUT2D eigenvalue weighted by Gasteiger charge is 2.38. The lowest BCUT2D eigenvalue weighted by Gasteiger charge is -2.21. The second-order valence-electron chi connectivity index (χ2n) is 4.96. The van der Waals surface area contributed by atoms with Crippen LogP contribution in [0.4, 0.5) is 0 Å². The summed E-state index contributed by atoms with van der Waals surface area (Å²) in [7, 11) is 0. The summed E-state index contributed by atoms with van der Waals surface area (Å²) in [5.41, 5.74) is 1.91. The Kier molecular flexibility index (Phi) is 3.85. The molecule has 1 saturated heterocycles. The number of aryl methyl sites for hydroxylation is 1. The molecular formula is C14H17NO4. The van der Waals surface area contributed by atoms with Gasteiger partial charge in [0.05, 0.1) is 12.5 Å². The largest absolute Gasteiger partial charge is 0.480 e. The number of β-amino-alcohol motifs (C(OH)–C–C–N with tert-alkyl or cyclic N) is 1. The van der Waals surface area contributed by atoms with Gasteiger partial charge in [0.15, 0.2) is 0 Å². The highest BCUT2D eigenvalue weighted by atomic mass is 16.4. The number of carbonyl (C=O) groups excluding carboxylic acids is 1. The number of hydrogen-bond donors (Lipinski definition) is 2. The van der Waals surface area contributed by atoms with Gasteiger partial charge in [-0.1, -0.05) is 29.8 Å². The standard InChI is InChI=1S/C14H17NO4/c1-9-3-2-4-10(5-9)6-13(17)15-8-11(16)7-12(15)14(18)19/h2-5,11-12,16H,6-8H2,1H3,(H,18,19)/t11-,12-/m0/s1. The number of nitrogens with zero attached hydrogens (tertiary/aromatic N) is 1. The van der Waals surface area contributed by atoms with Crippen LogP contribution in [0, 0.1) is 6.92 Å². The summed E-state index contributed by atoms with van der Waals surface area (Å²) >= 11 is 0. The monoisotopic (exact) mass is 263 g/mol. The SMILES string of the molecule is Cc1cccc(CC(=O)N2C[C@@H](O)C[C@H]2C(=O)O)c1. The van der Waals surface area contributed by atoms with Crippen LogP contribution < -0.4 is 0 Å². The Labute approximate surface area is 111 Å². The number of aliphatic carboxylic acids is 1. The van der Waals surface area contributed by atoms with Crippen LogP contribution in [-0.4, -0.2) is 45.7 Å². The number of aliphatic hydroxyl groups is 1. The van der Waals surface area contributed by atoms with Crippen molar-refractivity contribution in [1.82, 2.24) is 4.90 Å². The van der Waals surface area contributed by atoms with Gasteiger partial charge in [-0.2, -0.15) is 0 Å². The number of aliphatic hydroxyl groups excluding tert-OH is 1. The van der Waals surface area contributed by atoms with E-state index in [2.05, 4.69) is 0 Å². The molecule has 0 aliphatic carbocycles. The van der Waals surface area contributed by atoms with Crippen LogP contribution in [0.2, 0.25) is 0 Å². The Morgan fingerprint density at radius 1 is 1.42 bits per heavy atom. The highest BCUT2D eigenvalue weighted by molar-refractivity contribution is 5.85. The van der Waals surface area contributed by atoms with Gasteiger partial charge in [-0.25, -0.2) is 4.79 Å².